The minimum Gasteiger partial charge on any atom is -0.463 e. The van der Waals surface area contributed by atoms with Crippen LogP contribution >= 0.6 is 0 Å². The molecule has 150 valence electrons. The summed E-state index contributed by atoms with van der Waals surface area (Å²) in [5, 5.41) is 7.01. The number of amides is 1. The number of benzene rings is 2. The molecule has 0 saturated carbocycles. The van der Waals surface area contributed by atoms with E-state index < -0.39 is 17.5 Å². The van der Waals surface area contributed by atoms with Crippen LogP contribution in [0.4, 0.5) is 10.1 Å². The van der Waals surface area contributed by atoms with Gasteiger partial charge in [-0.05, 0) is 54.8 Å². The number of aryl methyl sites for hydroxylation is 1. The first kappa shape index (κ1) is 20.3. The Morgan fingerprint density at radius 2 is 1.90 bits per heavy atom. The third-order valence-electron chi connectivity index (χ3n) is 4.38. The Morgan fingerprint density at radius 1 is 1.14 bits per heavy atom. The molecule has 0 aliphatic carbocycles. The molecule has 1 N–H and O–H groups in total. The quantitative estimate of drug-likeness (QED) is 0.662. The molecule has 0 bridgehead atoms. The Labute approximate surface area is 168 Å². The fourth-order valence-electron chi connectivity index (χ4n) is 2.78. The molecule has 3 aromatic rings. The largest absolute Gasteiger partial charge is 0.463 e. The van der Waals surface area contributed by atoms with Gasteiger partial charge in [-0.2, -0.15) is 4.68 Å². The molecule has 1 atom stereocenters. The van der Waals surface area contributed by atoms with Crippen LogP contribution in [0.15, 0.2) is 65.5 Å². The summed E-state index contributed by atoms with van der Waals surface area (Å²) in [6.07, 6.45) is 0.495. The van der Waals surface area contributed by atoms with Crippen LogP contribution in [0.3, 0.4) is 0 Å². The molecule has 29 heavy (non-hydrogen) atoms. The molecule has 0 saturated heterocycles. The van der Waals surface area contributed by atoms with Crippen LogP contribution in [0.1, 0.15) is 25.8 Å². The lowest BCUT2D eigenvalue weighted by Crippen LogP contribution is -2.33. The van der Waals surface area contributed by atoms with Gasteiger partial charge >= 0.3 is 0 Å². The average Bonchev–Trinajstić information content (AvgIpc) is 2.73. The number of hydrogen-bond donors (Lipinski definition) is 1. The Balaban J connectivity index is 1.78. The van der Waals surface area contributed by atoms with Crippen molar-refractivity contribution in [1.82, 2.24) is 9.78 Å². The highest BCUT2D eigenvalue weighted by atomic mass is 19.1. The second-order valence-electron chi connectivity index (χ2n) is 6.46. The molecular formula is C22H22FN3O3. The monoisotopic (exact) mass is 395 g/mol. The maximum absolute atomic E-state index is 13.1. The topological polar surface area (TPSA) is 73.2 Å². The number of nitrogens with one attached hydrogen (secondary N) is 1. The van der Waals surface area contributed by atoms with E-state index in [1.165, 1.54) is 36.4 Å². The van der Waals surface area contributed by atoms with E-state index in [0.29, 0.717) is 17.8 Å². The van der Waals surface area contributed by atoms with Crippen molar-refractivity contribution in [3.8, 4) is 11.6 Å². The van der Waals surface area contributed by atoms with Crippen molar-refractivity contribution in [2.45, 2.75) is 32.8 Å². The van der Waals surface area contributed by atoms with Gasteiger partial charge in [0, 0.05) is 17.8 Å². The molecule has 1 amide bonds. The Morgan fingerprint density at radius 3 is 2.59 bits per heavy atom. The van der Waals surface area contributed by atoms with Crippen LogP contribution < -0.4 is 15.6 Å². The Hall–Kier alpha value is -3.48. The zero-order valence-electron chi connectivity index (χ0n) is 16.3. The van der Waals surface area contributed by atoms with E-state index >= 15 is 0 Å². The summed E-state index contributed by atoms with van der Waals surface area (Å²) in [5.41, 5.74) is 1.82. The van der Waals surface area contributed by atoms with E-state index in [9.17, 15) is 14.0 Å². The van der Waals surface area contributed by atoms with Crippen molar-refractivity contribution in [1.29, 1.82) is 0 Å². The lowest BCUT2D eigenvalue weighted by atomic mass is 10.1. The standard InChI is InChI=1S/C22H22FN3O3/c1-3-15-6-5-7-17(14-15)24-22(28)19(4-2)29-20-12-13-21(27)26(25-20)18-10-8-16(23)9-11-18/h5-14,19H,3-4H2,1-2H3,(H,24,28)/t19-/m0/s1. The molecule has 0 fully saturated rings. The van der Waals surface area contributed by atoms with Crippen LogP contribution in [0.5, 0.6) is 5.88 Å². The summed E-state index contributed by atoms with van der Waals surface area (Å²) in [6, 6.07) is 15.7. The highest BCUT2D eigenvalue weighted by Gasteiger charge is 2.20. The highest BCUT2D eigenvalue weighted by Crippen LogP contribution is 2.15. The van der Waals surface area contributed by atoms with E-state index in [0.717, 1.165) is 16.7 Å². The smallest absolute Gasteiger partial charge is 0.271 e. The third-order valence-corrected chi connectivity index (χ3v) is 4.38. The molecule has 0 aliphatic heterocycles. The number of ether oxygens (including phenoxy) is 1. The van der Waals surface area contributed by atoms with Crippen LogP contribution in [-0.2, 0) is 11.2 Å². The number of carbonyl (C=O) groups is 1. The van der Waals surface area contributed by atoms with Gasteiger partial charge in [0.1, 0.15) is 5.82 Å². The van der Waals surface area contributed by atoms with Crippen molar-refractivity contribution in [2.75, 3.05) is 5.32 Å². The predicted molar refractivity (Wildman–Crippen MR) is 109 cm³/mol. The van der Waals surface area contributed by atoms with Crippen LogP contribution in [0.25, 0.3) is 5.69 Å². The summed E-state index contributed by atoms with van der Waals surface area (Å²) in [6.45, 7) is 3.86. The lowest BCUT2D eigenvalue weighted by molar-refractivity contribution is -0.123. The van der Waals surface area contributed by atoms with Crippen molar-refractivity contribution < 1.29 is 13.9 Å². The second-order valence-corrected chi connectivity index (χ2v) is 6.46. The summed E-state index contributed by atoms with van der Waals surface area (Å²) in [7, 11) is 0. The molecule has 6 nitrogen and oxygen atoms in total. The van der Waals surface area contributed by atoms with E-state index in [2.05, 4.69) is 10.4 Å². The maximum Gasteiger partial charge on any atom is 0.271 e. The molecule has 1 heterocycles. The molecule has 1 aromatic heterocycles. The number of aromatic nitrogens is 2. The zero-order valence-corrected chi connectivity index (χ0v) is 16.3. The first-order valence-corrected chi connectivity index (χ1v) is 9.43. The highest BCUT2D eigenvalue weighted by molar-refractivity contribution is 5.94. The van der Waals surface area contributed by atoms with Gasteiger partial charge in [-0.3, -0.25) is 9.59 Å². The molecule has 0 spiro atoms. The molecule has 2 aromatic carbocycles. The van der Waals surface area contributed by atoms with E-state index in [1.54, 1.807) is 0 Å². The first-order valence-electron chi connectivity index (χ1n) is 9.43. The lowest BCUT2D eigenvalue weighted by Gasteiger charge is -2.17. The zero-order chi connectivity index (χ0) is 20.8. The average molecular weight is 395 g/mol. The summed E-state index contributed by atoms with van der Waals surface area (Å²) >= 11 is 0. The van der Waals surface area contributed by atoms with Crippen LogP contribution in [0.2, 0.25) is 0 Å². The van der Waals surface area contributed by atoms with Crippen LogP contribution in [-0.4, -0.2) is 21.8 Å². The number of hydrogen-bond acceptors (Lipinski definition) is 4. The van der Waals surface area contributed by atoms with E-state index in [4.69, 9.17) is 4.74 Å². The van der Waals surface area contributed by atoms with Crippen molar-refractivity contribution in [3.63, 3.8) is 0 Å². The molecular weight excluding hydrogens is 373 g/mol. The summed E-state index contributed by atoms with van der Waals surface area (Å²) in [4.78, 5) is 24.8. The second kappa shape index (κ2) is 9.14. The van der Waals surface area contributed by atoms with Crippen molar-refractivity contribution in [3.05, 3.63) is 82.4 Å². The minimum atomic E-state index is -0.785. The van der Waals surface area contributed by atoms with Crippen molar-refractivity contribution in [2.24, 2.45) is 0 Å². The normalized spacial score (nSPS) is 11.7. The van der Waals surface area contributed by atoms with Gasteiger partial charge in [0.05, 0.1) is 5.69 Å². The van der Waals surface area contributed by atoms with Gasteiger partial charge in [-0.25, -0.2) is 4.39 Å². The molecule has 0 aliphatic rings. The van der Waals surface area contributed by atoms with Crippen molar-refractivity contribution >= 4 is 11.6 Å². The number of anilines is 1. The summed E-state index contributed by atoms with van der Waals surface area (Å²) in [5.74, 6) is -0.593. The van der Waals surface area contributed by atoms with Gasteiger partial charge < -0.3 is 10.1 Å². The third kappa shape index (κ3) is 5.07. The first-order chi connectivity index (χ1) is 14.0. The molecule has 3 rings (SSSR count). The maximum atomic E-state index is 13.1. The SMILES string of the molecule is CCc1cccc(NC(=O)[C@H](CC)Oc2ccc(=O)n(-c3ccc(F)cc3)n2)c1. The Bertz CT molecular complexity index is 1050. The van der Waals surface area contributed by atoms with Gasteiger partial charge in [0.25, 0.3) is 11.5 Å². The number of carbonyl (C=O) groups excluding carboxylic acids is 1. The fourth-order valence-corrected chi connectivity index (χ4v) is 2.78. The molecule has 0 unspecified atom stereocenters. The number of halogens is 1. The van der Waals surface area contributed by atoms with Gasteiger partial charge in [-0.15, -0.1) is 5.10 Å². The number of rotatable bonds is 7. The van der Waals surface area contributed by atoms with Gasteiger partial charge in [-0.1, -0.05) is 26.0 Å². The fraction of sp³-hybridized carbons (Fsp3) is 0.227. The summed E-state index contributed by atoms with van der Waals surface area (Å²) < 4.78 is 20.0. The predicted octanol–water partition coefficient (Wildman–Crippen LogP) is 3.73. The number of nitrogens with zero attached hydrogens (tertiary/aromatic N) is 2. The molecule has 7 heteroatoms. The van der Waals surface area contributed by atoms with Crippen LogP contribution in [0, 0.1) is 5.82 Å². The van der Waals surface area contributed by atoms with Gasteiger partial charge in [0.2, 0.25) is 5.88 Å². The van der Waals surface area contributed by atoms with E-state index in [-0.39, 0.29) is 11.8 Å². The van der Waals surface area contributed by atoms with Gasteiger partial charge in [0.15, 0.2) is 6.10 Å². The molecule has 0 radical (unpaired) electrons. The minimum absolute atomic E-state index is 0.123. The Kier molecular flexibility index (Phi) is 6.39. The van der Waals surface area contributed by atoms with E-state index in [1.807, 2.05) is 38.1 Å².